The molecule has 0 unspecified atom stereocenters. The van der Waals surface area contributed by atoms with Crippen LogP contribution in [0, 0.1) is 6.92 Å². The van der Waals surface area contributed by atoms with E-state index in [4.69, 9.17) is 9.72 Å². The van der Waals surface area contributed by atoms with Crippen molar-refractivity contribution in [2.24, 2.45) is 0 Å². The molecule has 1 aromatic carbocycles. The molecule has 0 aliphatic rings. The number of rotatable bonds is 8. The summed E-state index contributed by atoms with van der Waals surface area (Å²) in [5.74, 6) is 0. The third-order valence-corrected chi connectivity index (χ3v) is 4.54. The average Bonchev–Trinajstić information content (AvgIpc) is 2.87. The number of aryl methyl sites for hydroxylation is 2. The second kappa shape index (κ2) is 8.27. The van der Waals surface area contributed by atoms with Gasteiger partial charge in [0.1, 0.15) is 5.01 Å². The summed E-state index contributed by atoms with van der Waals surface area (Å²) in [5, 5.41) is 4.57. The molecule has 0 saturated carbocycles. The first-order valence-corrected chi connectivity index (χ1v) is 8.32. The second-order valence-electron chi connectivity index (χ2n) is 5.12. The first-order chi connectivity index (χ1) is 10.3. The summed E-state index contributed by atoms with van der Waals surface area (Å²) in [5.41, 5.74) is 3.78. The summed E-state index contributed by atoms with van der Waals surface area (Å²) in [6.07, 6.45) is 2.17. The molecule has 1 aromatic heterocycles. The van der Waals surface area contributed by atoms with E-state index in [1.165, 1.54) is 21.7 Å². The monoisotopic (exact) mass is 304 g/mol. The molecule has 3 nitrogen and oxygen atoms in total. The molecule has 2 rings (SSSR count). The largest absolute Gasteiger partial charge is 0.383 e. The topological polar surface area (TPSA) is 34.2 Å². The minimum atomic E-state index is 0.743. The Morgan fingerprint density at radius 3 is 2.81 bits per heavy atom. The Hall–Kier alpha value is -1.23. The molecule has 0 atom stereocenters. The van der Waals surface area contributed by atoms with Crippen LogP contribution in [0.2, 0.25) is 0 Å². The van der Waals surface area contributed by atoms with E-state index in [1.807, 2.05) is 11.3 Å². The highest BCUT2D eigenvalue weighted by atomic mass is 32.1. The van der Waals surface area contributed by atoms with E-state index in [9.17, 15) is 0 Å². The van der Waals surface area contributed by atoms with Gasteiger partial charge in [-0.1, -0.05) is 37.6 Å². The smallest absolute Gasteiger partial charge is 0.124 e. The summed E-state index contributed by atoms with van der Waals surface area (Å²) < 4.78 is 5.07. The lowest BCUT2D eigenvalue weighted by Gasteiger charge is -2.03. The third-order valence-electron chi connectivity index (χ3n) is 3.41. The van der Waals surface area contributed by atoms with E-state index in [-0.39, 0.29) is 0 Å². The highest BCUT2D eigenvalue weighted by Gasteiger charge is 2.12. The van der Waals surface area contributed by atoms with Gasteiger partial charge in [-0.05, 0) is 18.9 Å². The fourth-order valence-electron chi connectivity index (χ4n) is 2.26. The molecule has 2 aromatic rings. The molecule has 0 aliphatic heterocycles. The van der Waals surface area contributed by atoms with Crippen LogP contribution >= 0.6 is 11.3 Å². The number of nitrogens with zero attached hydrogens (tertiary/aromatic N) is 1. The van der Waals surface area contributed by atoms with Crippen molar-refractivity contribution in [1.29, 1.82) is 0 Å². The zero-order valence-electron chi connectivity index (χ0n) is 13.1. The standard InChI is InChI=1S/C17H24N2OS/c1-4-7-15-16(12-18-10-11-20-3)21-17(19-15)14-9-6-5-8-13(14)2/h5-6,8-9,18H,4,7,10-12H2,1-3H3. The molecule has 0 bridgehead atoms. The maximum Gasteiger partial charge on any atom is 0.124 e. The lowest BCUT2D eigenvalue weighted by Crippen LogP contribution is -2.18. The second-order valence-corrected chi connectivity index (χ2v) is 6.21. The van der Waals surface area contributed by atoms with Gasteiger partial charge < -0.3 is 10.1 Å². The molecule has 0 radical (unpaired) electrons. The molecule has 21 heavy (non-hydrogen) atoms. The maximum absolute atomic E-state index is 5.07. The summed E-state index contributed by atoms with van der Waals surface area (Å²) in [4.78, 5) is 6.23. The number of aromatic nitrogens is 1. The van der Waals surface area contributed by atoms with Crippen molar-refractivity contribution in [3.63, 3.8) is 0 Å². The van der Waals surface area contributed by atoms with Crippen LogP contribution in [0.4, 0.5) is 0 Å². The van der Waals surface area contributed by atoms with Crippen LogP contribution in [-0.2, 0) is 17.7 Å². The minimum Gasteiger partial charge on any atom is -0.383 e. The van der Waals surface area contributed by atoms with Gasteiger partial charge in [-0.25, -0.2) is 4.98 Å². The van der Waals surface area contributed by atoms with Crippen molar-refractivity contribution in [3.05, 3.63) is 40.4 Å². The number of ether oxygens (including phenoxy) is 1. The van der Waals surface area contributed by atoms with E-state index in [0.29, 0.717) is 0 Å². The number of thiazole rings is 1. The lowest BCUT2D eigenvalue weighted by atomic mass is 10.1. The van der Waals surface area contributed by atoms with Crippen LogP contribution in [0.25, 0.3) is 10.6 Å². The van der Waals surface area contributed by atoms with E-state index in [2.05, 4.69) is 43.4 Å². The zero-order valence-corrected chi connectivity index (χ0v) is 13.9. The Morgan fingerprint density at radius 1 is 1.29 bits per heavy atom. The zero-order chi connectivity index (χ0) is 15.1. The van der Waals surface area contributed by atoms with Crippen molar-refractivity contribution in [1.82, 2.24) is 10.3 Å². The van der Waals surface area contributed by atoms with Gasteiger partial charge >= 0.3 is 0 Å². The highest BCUT2D eigenvalue weighted by molar-refractivity contribution is 7.15. The molecule has 1 N–H and O–H groups in total. The summed E-state index contributed by atoms with van der Waals surface area (Å²) in [7, 11) is 1.73. The number of methoxy groups -OCH3 is 1. The van der Waals surface area contributed by atoms with Gasteiger partial charge in [0.15, 0.2) is 0 Å². The minimum absolute atomic E-state index is 0.743. The maximum atomic E-state index is 5.07. The van der Waals surface area contributed by atoms with Gasteiger partial charge in [0, 0.05) is 30.6 Å². The van der Waals surface area contributed by atoms with Crippen molar-refractivity contribution in [3.8, 4) is 10.6 Å². The Morgan fingerprint density at radius 2 is 2.10 bits per heavy atom. The fourth-order valence-corrected chi connectivity index (χ4v) is 3.43. The SMILES string of the molecule is CCCc1nc(-c2ccccc2C)sc1CNCCOC. The normalized spacial score (nSPS) is 11.0. The molecule has 1 heterocycles. The summed E-state index contributed by atoms with van der Waals surface area (Å²) in [6, 6.07) is 8.46. The number of hydrogen-bond acceptors (Lipinski definition) is 4. The van der Waals surface area contributed by atoms with Crippen LogP contribution in [0.15, 0.2) is 24.3 Å². The molecule has 0 spiro atoms. The average molecular weight is 304 g/mol. The van der Waals surface area contributed by atoms with Gasteiger partial charge in [-0.3, -0.25) is 0 Å². The van der Waals surface area contributed by atoms with E-state index in [1.54, 1.807) is 7.11 Å². The predicted molar refractivity (Wildman–Crippen MR) is 89.9 cm³/mol. The van der Waals surface area contributed by atoms with Gasteiger partial charge in [-0.15, -0.1) is 11.3 Å². The van der Waals surface area contributed by atoms with Crippen LogP contribution in [-0.4, -0.2) is 25.2 Å². The van der Waals surface area contributed by atoms with E-state index in [0.717, 1.165) is 37.5 Å². The van der Waals surface area contributed by atoms with Crippen LogP contribution < -0.4 is 5.32 Å². The summed E-state index contributed by atoms with van der Waals surface area (Å²) in [6.45, 7) is 6.84. The molecular formula is C17H24N2OS. The van der Waals surface area contributed by atoms with Crippen molar-refractivity contribution >= 4 is 11.3 Å². The van der Waals surface area contributed by atoms with Crippen LogP contribution in [0.5, 0.6) is 0 Å². The number of benzene rings is 1. The van der Waals surface area contributed by atoms with Crippen LogP contribution in [0.1, 0.15) is 29.5 Å². The molecular weight excluding hydrogens is 280 g/mol. The van der Waals surface area contributed by atoms with Crippen molar-refractivity contribution in [2.45, 2.75) is 33.2 Å². The quantitative estimate of drug-likeness (QED) is 0.753. The molecule has 4 heteroatoms. The van der Waals surface area contributed by atoms with Crippen LogP contribution in [0.3, 0.4) is 0 Å². The Balaban J connectivity index is 2.18. The molecule has 0 saturated heterocycles. The molecule has 0 fully saturated rings. The Bertz CT molecular complexity index is 566. The summed E-state index contributed by atoms with van der Waals surface area (Å²) >= 11 is 1.81. The molecule has 114 valence electrons. The fraction of sp³-hybridized carbons (Fsp3) is 0.471. The predicted octanol–water partition coefficient (Wildman–Crippen LogP) is 3.81. The Labute approximate surface area is 131 Å². The van der Waals surface area contributed by atoms with Gasteiger partial charge in [0.25, 0.3) is 0 Å². The van der Waals surface area contributed by atoms with Gasteiger partial charge in [0.05, 0.1) is 12.3 Å². The van der Waals surface area contributed by atoms with E-state index >= 15 is 0 Å². The highest BCUT2D eigenvalue weighted by Crippen LogP contribution is 2.30. The Kier molecular flexibility index (Phi) is 6.36. The first kappa shape index (κ1) is 16.1. The lowest BCUT2D eigenvalue weighted by molar-refractivity contribution is 0.199. The van der Waals surface area contributed by atoms with E-state index < -0.39 is 0 Å². The number of nitrogens with one attached hydrogen (secondary N) is 1. The first-order valence-electron chi connectivity index (χ1n) is 7.50. The van der Waals surface area contributed by atoms with Crippen molar-refractivity contribution < 1.29 is 4.74 Å². The number of hydrogen-bond donors (Lipinski definition) is 1. The molecule has 0 amide bonds. The van der Waals surface area contributed by atoms with Gasteiger partial charge in [-0.2, -0.15) is 0 Å². The van der Waals surface area contributed by atoms with Crippen molar-refractivity contribution in [2.75, 3.05) is 20.3 Å². The molecule has 0 aliphatic carbocycles. The van der Waals surface area contributed by atoms with Gasteiger partial charge in [0.2, 0.25) is 0 Å². The third kappa shape index (κ3) is 4.37.